The Morgan fingerprint density at radius 2 is 1.61 bits per heavy atom. The Labute approximate surface area is 210 Å². The highest BCUT2D eigenvalue weighted by Gasteiger charge is 2.38. The Morgan fingerprint density at radius 1 is 0.917 bits per heavy atom. The number of carboxylic acids is 1. The molecule has 0 aromatic heterocycles. The first-order valence-corrected chi connectivity index (χ1v) is 12.4. The van der Waals surface area contributed by atoms with Crippen LogP contribution in [0, 0.1) is 12.8 Å². The second-order valence-electron chi connectivity index (χ2n) is 9.45. The van der Waals surface area contributed by atoms with E-state index < -0.39 is 17.9 Å². The van der Waals surface area contributed by atoms with Crippen molar-refractivity contribution in [2.45, 2.75) is 45.1 Å². The number of benzene rings is 2. The second-order valence-corrected chi connectivity index (χ2v) is 9.45. The van der Waals surface area contributed by atoms with Crippen molar-refractivity contribution in [3.63, 3.8) is 0 Å². The number of likely N-dealkylation sites (tertiary alicyclic amines) is 2. The summed E-state index contributed by atoms with van der Waals surface area (Å²) < 4.78 is 0. The van der Waals surface area contributed by atoms with Crippen LogP contribution < -0.4 is 10.6 Å². The van der Waals surface area contributed by atoms with E-state index in [9.17, 15) is 24.3 Å². The van der Waals surface area contributed by atoms with Crippen molar-refractivity contribution >= 4 is 35.2 Å². The van der Waals surface area contributed by atoms with Crippen molar-refractivity contribution in [3.05, 3.63) is 59.7 Å². The number of para-hydroxylation sites is 1. The maximum atomic E-state index is 13.1. The average Bonchev–Trinajstić information content (AvgIpc) is 3.36. The highest BCUT2D eigenvalue weighted by molar-refractivity contribution is 6.00. The largest absolute Gasteiger partial charge is 0.481 e. The Balaban J connectivity index is 1.30. The van der Waals surface area contributed by atoms with Gasteiger partial charge < -0.3 is 25.5 Å². The van der Waals surface area contributed by atoms with E-state index in [-0.39, 0.29) is 24.3 Å². The van der Waals surface area contributed by atoms with Crippen LogP contribution in [-0.4, -0.2) is 64.4 Å². The van der Waals surface area contributed by atoms with Crippen LogP contribution in [0.2, 0.25) is 0 Å². The van der Waals surface area contributed by atoms with Gasteiger partial charge >= 0.3 is 12.0 Å². The summed E-state index contributed by atoms with van der Waals surface area (Å²) in [5.74, 6) is -1.40. The van der Waals surface area contributed by atoms with Crippen LogP contribution in [0.3, 0.4) is 0 Å². The molecule has 1 atom stereocenters. The zero-order valence-electron chi connectivity index (χ0n) is 20.4. The highest BCUT2D eigenvalue weighted by Crippen LogP contribution is 2.24. The van der Waals surface area contributed by atoms with Gasteiger partial charge in [-0.3, -0.25) is 14.4 Å². The van der Waals surface area contributed by atoms with Gasteiger partial charge in [0.25, 0.3) is 0 Å². The number of urea groups is 1. The summed E-state index contributed by atoms with van der Waals surface area (Å²) in [6, 6.07) is 13.8. The van der Waals surface area contributed by atoms with Crippen LogP contribution in [0.25, 0.3) is 0 Å². The summed E-state index contributed by atoms with van der Waals surface area (Å²) in [5.41, 5.74) is 3.10. The summed E-state index contributed by atoms with van der Waals surface area (Å²) >= 11 is 0. The molecule has 0 aliphatic carbocycles. The molecule has 0 saturated carbocycles. The van der Waals surface area contributed by atoms with Gasteiger partial charge in [-0.05, 0) is 61.9 Å². The number of hydrogen-bond acceptors (Lipinski definition) is 4. The number of amides is 4. The molecule has 36 heavy (non-hydrogen) atoms. The van der Waals surface area contributed by atoms with Gasteiger partial charge in [0.05, 0.1) is 12.3 Å². The zero-order valence-corrected chi connectivity index (χ0v) is 20.4. The quantitative estimate of drug-likeness (QED) is 0.570. The van der Waals surface area contributed by atoms with Gasteiger partial charge in [-0.15, -0.1) is 0 Å². The lowest BCUT2D eigenvalue weighted by atomic mass is 9.96. The molecule has 2 heterocycles. The molecule has 2 aliphatic heterocycles. The number of carbonyl (C=O) groups excluding carboxylic acids is 3. The summed E-state index contributed by atoms with van der Waals surface area (Å²) in [6.07, 6.45) is 2.46. The number of nitrogens with zero attached hydrogens (tertiary/aromatic N) is 2. The van der Waals surface area contributed by atoms with E-state index in [1.54, 1.807) is 34.1 Å². The Morgan fingerprint density at radius 3 is 2.28 bits per heavy atom. The fourth-order valence-electron chi connectivity index (χ4n) is 4.86. The SMILES string of the molecule is Cc1ccccc1NC(=O)Nc1ccc(CC(=O)N2CCCC2C(=O)N2CCC(C(=O)O)CC2)cc1. The van der Waals surface area contributed by atoms with Gasteiger partial charge in [-0.25, -0.2) is 4.79 Å². The third-order valence-corrected chi connectivity index (χ3v) is 6.97. The molecule has 4 rings (SSSR count). The smallest absolute Gasteiger partial charge is 0.323 e. The lowest BCUT2D eigenvalue weighted by molar-refractivity contribution is -0.148. The number of nitrogens with one attached hydrogen (secondary N) is 2. The molecule has 2 aromatic rings. The van der Waals surface area contributed by atoms with Gasteiger partial charge in [0.15, 0.2) is 0 Å². The van der Waals surface area contributed by atoms with E-state index in [2.05, 4.69) is 10.6 Å². The number of rotatable bonds is 6. The monoisotopic (exact) mass is 492 g/mol. The summed E-state index contributed by atoms with van der Waals surface area (Å²) in [7, 11) is 0. The van der Waals surface area contributed by atoms with E-state index in [4.69, 9.17) is 0 Å². The predicted molar refractivity (Wildman–Crippen MR) is 136 cm³/mol. The van der Waals surface area contributed by atoms with Crippen molar-refractivity contribution in [2.24, 2.45) is 5.92 Å². The van der Waals surface area contributed by atoms with Crippen LogP contribution in [0.4, 0.5) is 16.2 Å². The minimum absolute atomic E-state index is 0.0797. The Hall–Kier alpha value is -3.88. The normalized spacial score (nSPS) is 18.1. The molecule has 4 amide bonds. The van der Waals surface area contributed by atoms with Crippen LogP contribution in [-0.2, 0) is 20.8 Å². The van der Waals surface area contributed by atoms with Gasteiger partial charge in [0.2, 0.25) is 11.8 Å². The van der Waals surface area contributed by atoms with E-state index >= 15 is 0 Å². The minimum atomic E-state index is -0.812. The fourth-order valence-corrected chi connectivity index (χ4v) is 4.86. The first kappa shape index (κ1) is 25.2. The van der Waals surface area contributed by atoms with E-state index in [0.717, 1.165) is 23.2 Å². The van der Waals surface area contributed by atoms with Crippen LogP contribution in [0.1, 0.15) is 36.8 Å². The molecule has 0 radical (unpaired) electrons. The number of aliphatic carboxylic acids is 1. The molecule has 2 fully saturated rings. The fraction of sp³-hybridized carbons (Fsp3) is 0.407. The van der Waals surface area contributed by atoms with Crippen molar-refractivity contribution < 1.29 is 24.3 Å². The predicted octanol–water partition coefficient (Wildman–Crippen LogP) is 3.50. The number of carbonyl (C=O) groups is 4. The molecular weight excluding hydrogens is 460 g/mol. The molecule has 2 aromatic carbocycles. The van der Waals surface area contributed by atoms with E-state index in [1.807, 2.05) is 31.2 Å². The number of hydrogen-bond donors (Lipinski definition) is 3. The number of anilines is 2. The van der Waals surface area contributed by atoms with Crippen molar-refractivity contribution in [2.75, 3.05) is 30.3 Å². The molecule has 1 unspecified atom stereocenters. The number of carboxylic acid groups (broad SMARTS) is 1. The first-order valence-electron chi connectivity index (χ1n) is 12.4. The number of piperidine rings is 1. The average molecular weight is 493 g/mol. The molecule has 190 valence electrons. The third-order valence-electron chi connectivity index (χ3n) is 6.97. The molecular formula is C27H32N4O5. The van der Waals surface area contributed by atoms with Gasteiger partial charge in [-0.1, -0.05) is 30.3 Å². The maximum Gasteiger partial charge on any atom is 0.323 e. The van der Waals surface area contributed by atoms with Gasteiger partial charge in [0.1, 0.15) is 6.04 Å². The highest BCUT2D eigenvalue weighted by atomic mass is 16.4. The van der Waals surface area contributed by atoms with E-state index in [0.29, 0.717) is 44.6 Å². The molecule has 9 nitrogen and oxygen atoms in total. The topological polar surface area (TPSA) is 119 Å². The lowest BCUT2D eigenvalue weighted by Gasteiger charge is -2.34. The zero-order chi connectivity index (χ0) is 25.7. The Bertz CT molecular complexity index is 1130. The minimum Gasteiger partial charge on any atom is -0.481 e. The summed E-state index contributed by atoms with van der Waals surface area (Å²) in [5, 5.41) is 14.8. The van der Waals surface area contributed by atoms with Gasteiger partial charge in [0, 0.05) is 31.0 Å². The maximum absolute atomic E-state index is 13.1. The van der Waals surface area contributed by atoms with Crippen LogP contribution in [0.5, 0.6) is 0 Å². The molecule has 0 bridgehead atoms. The second kappa shape index (κ2) is 11.2. The van der Waals surface area contributed by atoms with Crippen molar-refractivity contribution in [1.82, 2.24) is 9.80 Å². The summed E-state index contributed by atoms with van der Waals surface area (Å²) in [4.78, 5) is 53.0. The molecule has 3 N–H and O–H groups in total. The standard InChI is InChI=1S/C27H32N4O5/c1-18-5-2-3-6-22(18)29-27(36)28-21-10-8-19(9-11-21)17-24(32)31-14-4-7-23(31)25(33)30-15-12-20(13-16-30)26(34)35/h2-3,5-6,8-11,20,23H,4,7,12-17H2,1H3,(H,34,35)(H2,28,29,36). The van der Waals surface area contributed by atoms with Crippen LogP contribution >= 0.6 is 0 Å². The van der Waals surface area contributed by atoms with Crippen molar-refractivity contribution in [3.8, 4) is 0 Å². The molecule has 9 heteroatoms. The van der Waals surface area contributed by atoms with Gasteiger partial charge in [-0.2, -0.15) is 0 Å². The lowest BCUT2D eigenvalue weighted by Crippen LogP contribution is -2.50. The molecule has 0 spiro atoms. The summed E-state index contributed by atoms with van der Waals surface area (Å²) in [6.45, 7) is 3.29. The van der Waals surface area contributed by atoms with Crippen LogP contribution in [0.15, 0.2) is 48.5 Å². The number of aryl methyl sites for hydroxylation is 1. The third kappa shape index (κ3) is 6.02. The Kier molecular flexibility index (Phi) is 7.87. The van der Waals surface area contributed by atoms with E-state index in [1.165, 1.54) is 0 Å². The van der Waals surface area contributed by atoms with Crippen molar-refractivity contribution in [1.29, 1.82) is 0 Å². The molecule has 2 aliphatic rings. The molecule has 2 saturated heterocycles. The first-order chi connectivity index (χ1) is 17.3.